The fraction of sp³-hybridized carbons (Fsp3) is 0.854. The van der Waals surface area contributed by atoms with Gasteiger partial charge in [0.2, 0.25) is 5.96 Å². The predicted octanol–water partition coefficient (Wildman–Crippen LogP) is 9.53. The summed E-state index contributed by atoms with van der Waals surface area (Å²) in [6, 6.07) is 0. The number of aliphatic imine (C=N–C) groups is 1. The number of nitrogens with zero attached hydrogens (tertiary/aromatic N) is 1. The maximum Gasteiger partial charge on any atom is 0.414 e. The van der Waals surface area contributed by atoms with E-state index in [-0.39, 0.29) is 30.6 Å². The largest absolute Gasteiger partial charge is 0.446 e. The molecular formula is C41H70N4O6. The molecule has 3 saturated carbocycles. The molecule has 10 heteroatoms. The minimum atomic E-state index is -0.769. The van der Waals surface area contributed by atoms with E-state index >= 15 is 0 Å². The van der Waals surface area contributed by atoms with Crippen LogP contribution in [0.25, 0.3) is 0 Å². The Morgan fingerprint density at radius 1 is 0.863 bits per heavy atom. The zero-order valence-electron chi connectivity index (χ0n) is 33.7. The molecule has 4 aliphatic rings. The van der Waals surface area contributed by atoms with Crippen LogP contribution in [0.3, 0.4) is 0 Å². The van der Waals surface area contributed by atoms with E-state index < -0.39 is 29.5 Å². The maximum absolute atomic E-state index is 12.9. The van der Waals surface area contributed by atoms with Crippen LogP contribution in [0.15, 0.2) is 16.6 Å². The molecule has 3 N–H and O–H groups in total. The van der Waals surface area contributed by atoms with Gasteiger partial charge in [0.1, 0.15) is 17.3 Å². The standard InChI is InChI=1S/C41H70N4O6/c1-26(2)13-12-14-27(3)31-17-18-32-30-16-15-28-25-29(19-21-40(28,10)33(30)20-22-41(31,32)11)49-35(46)43-24-23-42-34(44-36(47)50-38(4,5)6)45-37(48)51-39(7,8)9/h15,26-27,29-33H,12-14,16-25H2,1-11H3,(H,43,46)(H2,42,44,45,47,48)/t27-,29+,30+,31-,32+,33+,40+,41-/m1/s1. The van der Waals surface area contributed by atoms with Gasteiger partial charge in [-0.1, -0.05) is 65.5 Å². The minimum Gasteiger partial charge on any atom is -0.446 e. The zero-order valence-corrected chi connectivity index (χ0v) is 33.7. The first-order valence-electron chi connectivity index (χ1n) is 19.9. The Hall–Kier alpha value is -2.78. The Bertz CT molecular complexity index is 1270. The highest BCUT2D eigenvalue weighted by Crippen LogP contribution is 2.67. The van der Waals surface area contributed by atoms with Crippen LogP contribution in [-0.4, -0.2) is 54.6 Å². The number of ether oxygens (including phenoxy) is 3. The third kappa shape index (κ3) is 10.9. The summed E-state index contributed by atoms with van der Waals surface area (Å²) < 4.78 is 16.5. The molecule has 4 rings (SSSR count). The number of carbonyl (C=O) groups excluding carboxylic acids is 3. The van der Waals surface area contributed by atoms with Crippen molar-refractivity contribution in [2.75, 3.05) is 13.1 Å². The summed E-state index contributed by atoms with van der Waals surface area (Å²) in [4.78, 5) is 41.8. The Morgan fingerprint density at radius 2 is 1.51 bits per heavy atom. The van der Waals surface area contributed by atoms with Gasteiger partial charge in [0.25, 0.3) is 0 Å². The van der Waals surface area contributed by atoms with Gasteiger partial charge in [0.15, 0.2) is 0 Å². The van der Waals surface area contributed by atoms with E-state index in [1.54, 1.807) is 41.5 Å². The number of hydrogen-bond donors (Lipinski definition) is 3. The van der Waals surface area contributed by atoms with Crippen molar-refractivity contribution < 1.29 is 28.6 Å². The first kappa shape index (κ1) is 41.0. The lowest BCUT2D eigenvalue weighted by Gasteiger charge is -2.58. The number of allylic oxidation sites excluding steroid dienone is 1. The van der Waals surface area contributed by atoms with Crippen molar-refractivity contribution in [3.8, 4) is 0 Å². The van der Waals surface area contributed by atoms with Gasteiger partial charge in [-0.25, -0.2) is 14.4 Å². The molecule has 0 saturated heterocycles. The minimum absolute atomic E-state index is 0.0880. The fourth-order valence-corrected chi connectivity index (χ4v) is 10.2. The number of alkyl carbamates (subject to hydrolysis) is 3. The van der Waals surface area contributed by atoms with Crippen molar-refractivity contribution in [3.05, 3.63) is 11.6 Å². The summed E-state index contributed by atoms with van der Waals surface area (Å²) >= 11 is 0. The van der Waals surface area contributed by atoms with Gasteiger partial charge in [-0.2, -0.15) is 0 Å². The first-order valence-corrected chi connectivity index (χ1v) is 19.9. The molecule has 3 fully saturated rings. The molecule has 0 aliphatic heterocycles. The van der Waals surface area contributed by atoms with E-state index in [9.17, 15) is 14.4 Å². The molecule has 3 amide bonds. The normalized spacial score (nSPS) is 30.8. The number of nitrogens with one attached hydrogen (secondary N) is 3. The molecule has 8 atom stereocenters. The van der Waals surface area contributed by atoms with Crippen molar-refractivity contribution in [2.45, 2.75) is 164 Å². The van der Waals surface area contributed by atoms with Crippen LogP contribution in [0.4, 0.5) is 14.4 Å². The Kier molecular flexibility index (Phi) is 13.2. The summed E-state index contributed by atoms with van der Waals surface area (Å²) in [6.45, 7) is 23.0. The van der Waals surface area contributed by atoms with Crippen LogP contribution in [-0.2, 0) is 14.2 Å². The molecule has 0 aromatic heterocycles. The SMILES string of the molecule is CC(C)CCC[C@@H](C)[C@H]1CC[C@H]2[C@@H]3CC=C4C[C@@H](OC(=O)NCCN=C(NC(=O)OC(C)(C)C)NC(=O)OC(C)(C)C)CC[C@]4(C)[C@H]3CC[C@]12C. The van der Waals surface area contributed by atoms with Gasteiger partial charge in [0, 0.05) is 13.0 Å². The van der Waals surface area contributed by atoms with Crippen LogP contribution in [0, 0.1) is 46.3 Å². The van der Waals surface area contributed by atoms with Crippen LogP contribution < -0.4 is 16.0 Å². The fourth-order valence-electron chi connectivity index (χ4n) is 10.2. The van der Waals surface area contributed by atoms with Gasteiger partial charge in [0.05, 0.1) is 6.54 Å². The molecule has 10 nitrogen and oxygen atoms in total. The van der Waals surface area contributed by atoms with Crippen LogP contribution in [0.2, 0.25) is 0 Å². The van der Waals surface area contributed by atoms with Crippen molar-refractivity contribution in [1.29, 1.82) is 0 Å². The number of fused-ring (bicyclic) bond motifs is 5. The lowest BCUT2D eigenvalue weighted by Crippen LogP contribution is -2.51. The van der Waals surface area contributed by atoms with Crippen molar-refractivity contribution in [2.24, 2.45) is 51.3 Å². The monoisotopic (exact) mass is 715 g/mol. The van der Waals surface area contributed by atoms with Crippen molar-refractivity contribution in [3.63, 3.8) is 0 Å². The molecule has 0 aromatic carbocycles. The average Bonchev–Trinajstić information content (AvgIpc) is 3.34. The van der Waals surface area contributed by atoms with E-state index in [1.165, 1.54) is 50.5 Å². The van der Waals surface area contributed by atoms with E-state index in [0.29, 0.717) is 5.41 Å². The molecule has 51 heavy (non-hydrogen) atoms. The molecule has 0 aromatic rings. The van der Waals surface area contributed by atoms with E-state index in [0.717, 1.165) is 61.2 Å². The smallest absolute Gasteiger partial charge is 0.414 e. The van der Waals surface area contributed by atoms with Crippen molar-refractivity contribution >= 4 is 24.2 Å². The second-order valence-corrected chi connectivity index (χ2v) is 19.0. The lowest BCUT2D eigenvalue weighted by atomic mass is 9.47. The van der Waals surface area contributed by atoms with E-state index in [1.807, 2.05) is 0 Å². The Labute approximate surface area is 308 Å². The number of carbonyl (C=O) groups is 3. The van der Waals surface area contributed by atoms with E-state index in [2.05, 4.69) is 61.6 Å². The maximum atomic E-state index is 12.9. The highest BCUT2D eigenvalue weighted by atomic mass is 16.6. The molecule has 4 aliphatic carbocycles. The average molecular weight is 715 g/mol. The van der Waals surface area contributed by atoms with Gasteiger partial charge in [-0.05, 0) is 133 Å². The number of amides is 3. The predicted molar refractivity (Wildman–Crippen MR) is 202 cm³/mol. The quantitative estimate of drug-likeness (QED) is 0.0718. The van der Waals surface area contributed by atoms with Gasteiger partial charge >= 0.3 is 18.3 Å². The summed E-state index contributed by atoms with van der Waals surface area (Å²) in [5.74, 6) is 4.65. The van der Waals surface area contributed by atoms with Gasteiger partial charge < -0.3 is 19.5 Å². The van der Waals surface area contributed by atoms with E-state index in [4.69, 9.17) is 14.2 Å². The second kappa shape index (κ2) is 16.5. The first-order chi connectivity index (χ1) is 23.7. The molecule has 0 spiro atoms. The topological polar surface area (TPSA) is 127 Å². The summed E-state index contributed by atoms with van der Waals surface area (Å²) in [5.41, 5.74) is 0.682. The summed E-state index contributed by atoms with van der Waals surface area (Å²) in [7, 11) is 0. The van der Waals surface area contributed by atoms with Crippen LogP contribution in [0.5, 0.6) is 0 Å². The number of hydrogen-bond acceptors (Lipinski definition) is 7. The van der Waals surface area contributed by atoms with Crippen molar-refractivity contribution in [1.82, 2.24) is 16.0 Å². The molecule has 0 bridgehead atoms. The summed E-state index contributed by atoms with van der Waals surface area (Å²) in [5, 5.41) is 7.68. The molecule has 0 heterocycles. The van der Waals surface area contributed by atoms with Gasteiger partial charge in [-0.15, -0.1) is 0 Å². The highest BCUT2D eigenvalue weighted by molar-refractivity contribution is 6.01. The Balaban J connectivity index is 1.29. The second-order valence-electron chi connectivity index (χ2n) is 19.0. The summed E-state index contributed by atoms with van der Waals surface area (Å²) in [6.07, 6.45) is 13.8. The highest BCUT2D eigenvalue weighted by Gasteiger charge is 2.59. The third-order valence-corrected chi connectivity index (χ3v) is 12.4. The molecule has 0 radical (unpaired) electrons. The Morgan fingerprint density at radius 3 is 2.12 bits per heavy atom. The third-order valence-electron chi connectivity index (χ3n) is 12.4. The number of rotatable bonds is 9. The molecular weight excluding hydrogens is 644 g/mol. The lowest BCUT2D eigenvalue weighted by molar-refractivity contribution is -0.0581. The number of guanidine groups is 1. The molecule has 0 unspecified atom stereocenters. The van der Waals surface area contributed by atoms with Gasteiger partial charge in [-0.3, -0.25) is 15.6 Å². The molecule has 290 valence electrons. The zero-order chi connectivity index (χ0) is 37.8. The van der Waals surface area contributed by atoms with Crippen LogP contribution >= 0.6 is 0 Å². The van der Waals surface area contributed by atoms with Crippen LogP contribution in [0.1, 0.15) is 147 Å².